The highest BCUT2D eigenvalue weighted by molar-refractivity contribution is 6.04. The second-order valence-corrected chi connectivity index (χ2v) is 13.8. The molecule has 0 N–H and O–H groups in total. The van der Waals surface area contributed by atoms with Crippen LogP contribution < -0.4 is 19.3 Å². The highest BCUT2D eigenvalue weighted by Crippen LogP contribution is 2.49. The molecule has 0 saturated heterocycles. The molecule has 1 aliphatic heterocycles. The van der Waals surface area contributed by atoms with E-state index in [4.69, 9.17) is 9.47 Å². The van der Waals surface area contributed by atoms with E-state index in [9.17, 15) is 0 Å². The van der Waals surface area contributed by atoms with Gasteiger partial charge < -0.3 is 19.3 Å². The lowest BCUT2D eigenvalue weighted by molar-refractivity contribution is 0.439. The van der Waals surface area contributed by atoms with Gasteiger partial charge >= 0.3 is 0 Å². The number of hydrogen-bond acceptors (Lipinski definition) is 4. The SMILES string of the molecule is c1ccc(N(c2ccccc2)c2ccc(-c3ccc4c(c3)Oc3ccc(-c5ccc(N(c6ccccc6)c6ccccc6)cc5)c5cccc(c35)O4)cc2)cc1. The third-order valence-electron chi connectivity index (χ3n) is 10.3. The second-order valence-electron chi connectivity index (χ2n) is 13.8. The van der Waals surface area contributed by atoms with Crippen LogP contribution in [0.3, 0.4) is 0 Å². The Labute approximate surface area is 326 Å². The average molecular weight is 721 g/mol. The first-order chi connectivity index (χ1) is 27.8. The lowest BCUT2D eigenvalue weighted by atomic mass is 9.96. The van der Waals surface area contributed by atoms with Crippen molar-refractivity contribution in [2.45, 2.75) is 0 Å². The van der Waals surface area contributed by atoms with Crippen LogP contribution in [0.5, 0.6) is 23.0 Å². The molecule has 0 radical (unpaired) electrons. The van der Waals surface area contributed by atoms with Crippen molar-refractivity contribution >= 4 is 44.9 Å². The van der Waals surface area contributed by atoms with Gasteiger partial charge in [-0.15, -0.1) is 0 Å². The standard InChI is InChI=1S/C52H36N2O2/c1-5-14-40(15-6-1)53(41-16-7-2-8-17-41)44-29-24-37(25-30-44)39-28-34-48-51(36-39)56-50-35-33-46(47-22-13-23-49(55-48)52(47)50)38-26-31-45(32-27-38)54(42-18-9-3-10-19-42)43-20-11-4-12-21-43/h1-36H. The summed E-state index contributed by atoms with van der Waals surface area (Å²) in [5.74, 6) is 2.90. The number of fused-ring (bicyclic) bond motifs is 1. The molecule has 4 nitrogen and oxygen atoms in total. The Morgan fingerprint density at radius 2 is 0.679 bits per heavy atom. The highest BCUT2D eigenvalue weighted by atomic mass is 16.5. The molecule has 1 heterocycles. The van der Waals surface area contributed by atoms with E-state index in [1.165, 1.54) is 0 Å². The quantitative estimate of drug-likeness (QED) is 0.156. The number of ether oxygens (including phenoxy) is 2. The van der Waals surface area contributed by atoms with E-state index in [1.54, 1.807) is 0 Å². The molecular weight excluding hydrogens is 685 g/mol. The monoisotopic (exact) mass is 720 g/mol. The fraction of sp³-hybridized carbons (Fsp3) is 0. The van der Waals surface area contributed by atoms with E-state index in [1.807, 2.05) is 36.4 Å². The molecule has 0 bridgehead atoms. The summed E-state index contributed by atoms with van der Waals surface area (Å²) >= 11 is 0. The Morgan fingerprint density at radius 1 is 0.268 bits per heavy atom. The van der Waals surface area contributed by atoms with E-state index in [0.29, 0.717) is 11.5 Å². The number of para-hydroxylation sites is 4. The molecule has 10 rings (SSSR count). The number of hydrogen-bond donors (Lipinski definition) is 0. The summed E-state index contributed by atoms with van der Waals surface area (Å²) in [5.41, 5.74) is 11.0. The molecule has 56 heavy (non-hydrogen) atoms. The molecule has 4 heteroatoms. The molecule has 9 aromatic carbocycles. The Bertz CT molecular complexity index is 2690. The van der Waals surface area contributed by atoms with Gasteiger partial charge in [0.1, 0.15) is 11.5 Å². The van der Waals surface area contributed by atoms with Gasteiger partial charge in [-0.05, 0) is 125 Å². The van der Waals surface area contributed by atoms with Crippen molar-refractivity contribution in [3.8, 4) is 45.3 Å². The normalized spacial score (nSPS) is 11.5. The van der Waals surface area contributed by atoms with Crippen molar-refractivity contribution in [3.63, 3.8) is 0 Å². The molecule has 0 aromatic heterocycles. The van der Waals surface area contributed by atoms with E-state index in [-0.39, 0.29) is 0 Å². The van der Waals surface area contributed by atoms with Gasteiger partial charge in [-0.1, -0.05) is 121 Å². The van der Waals surface area contributed by atoms with Crippen LogP contribution in [0.1, 0.15) is 0 Å². The molecule has 9 aromatic rings. The predicted molar refractivity (Wildman–Crippen MR) is 231 cm³/mol. The van der Waals surface area contributed by atoms with E-state index >= 15 is 0 Å². The maximum absolute atomic E-state index is 6.71. The van der Waals surface area contributed by atoms with Crippen molar-refractivity contribution in [1.82, 2.24) is 0 Å². The number of benzene rings is 9. The van der Waals surface area contributed by atoms with E-state index in [2.05, 4.69) is 192 Å². The molecule has 0 fully saturated rings. The fourth-order valence-corrected chi connectivity index (χ4v) is 7.65. The summed E-state index contributed by atoms with van der Waals surface area (Å²) < 4.78 is 13.3. The van der Waals surface area contributed by atoms with Gasteiger partial charge in [0, 0.05) is 34.1 Å². The molecular formula is C52H36N2O2. The molecule has 1 aliphatic rings. The lowest BCUT2D eigenvalue weighted by Gasteiger charge is -2.25. The molecule has 0 aliphatic carbocycles. The summed E-state index contributed by atoms with van der Waals surface area (Å²) in [7, 11) is 0. The molecule has 0 unspecified atom stereocenters. The van der Waals surface area contributed by atoms with Crippen LogP contribution in [0, 0.1) is 0 Å². The smallest absolute Gasteiger partial charge is 0.170 e. The summed E-state index contributed by atoms with van der Waals surface area (Å²) in [5, 5.41) is 2.02. The van der Waals surface area contributed by atoms with Crippen molar-refractivity contribution in [2.75, 3.05) is 9.80 Å². The first-order valence-electron chi connectivity index (χ1n) is 18.8. The van der Waals surface area contributed by atoms with Gasteiger partial charge in [0.15, 0.2) is 11.5 Å². The van der Waals surface area contributed by atoms with Gasteiger partial charge in [0.25, 0.3) is 0 Å². The van der Waals surface area contributed by atoms with E-state index in [0.717, 1.165) is 78.6 Å². The van der Waals surface area contributed by atoms with Crippen LogP contribution >= 0.6 is 0 Å². The average Bonchev–Trinajstić information content (AvgIpc) is 3.43. The highest BCUT2D eigenvalue weighted by Gasteiger charge is 2.22. The molecule has 0 amide bonds. The zero-order valence-electron chi connectivity index (χ0n) is 30.5. The molecule has 0 spiro atoms. The van der Waals surface area contributed by atoms with Gasteiger partial charge in [-0.25, -0.2) is 0 Å². The predicted octanol–water partition coefficient (Wildman–Crippen LogP) is 15.0. The van der Waals surface area contributed by atoms with Crippen LogP contribution in [0.15, 0.2) is 218 Å². The number of rotatable bonds is 8. The van der Waals surface area contributed by atoms with Crippen molar-refractivity contribution < 1.29 is 9.47 Å². The first-order valence-corrected chi connectivity index (χ1v) is 18.8. The van der Waals surface area contributed by atoms with Crippen LogP contribution in [-0.4, -0.2) is 0 Å². The fourth-order valence-electron chi connectivity index (χ4n) is 7.65. The van der Waals surface area contributed by atoms with Crippen molar-refractivity contribution in [1.29, 1.82) is 0 Å². The minimum atomic E-state index is 0.679. The maximum Gasteiger partial charge on any atom is 0.170 e. The van der Waals surface area contributed by atoms with Crippen LogP contribution in [0.2, 0.25) is 0 Å². The van der Waals surface area contributed by atoms with Crippen LogP contribution in [-0.2, 0) is 0 Å². The minimum absolute atomic E-state index is 0.679. The number of anilines is 6. The van der Waals surface area contributed by atoms with Gasteiger partial charge in [-0.2, -0.15) is 0 Å². The first kappa shape index (κ1) is 33.0. The number of nitrogens with zero attached hydrogens (tertiary/aromatic N) is 2. The topological polar surface area (TPSA) is 24.9 Å². The van der Waals surface area contributed by atoms with Crippen LogP contribution in [0.25, 0.3) is 33.0 Å². The Balaban J connectivity index is 0.959. The zero-order chi connectivity index (χ0) is 37.3. The molecule has 0 saturated carbocycles. The summed E-state index contributed by atoms with van der Waals surface area (Å²) in [4.78, 5) is 4.54. The van der Waals surface area contributed by atoms with Crippen molar-refractivity contribution in [3.05, 3.63) is 218 Å². The maximum atomic E-state index is 6.71. The minimum Gasteiger partial charge on any atom is -0.453 e. The summed E-state index contributed by atoms with van der Waals surface area (Å²) in [6, 6.07) is 75.9. The van der Waals surface area contributed by atoms with Gasteiger partial charge in [0.05, 0.1) is 5.39 Å². The van der Waals surface area contributed by atoms with Gasteiger partial charge in [0.2, 0.25) is 0 Å². The zero-order valence-corrected chi connectivity index (χ0v) is 30.5. The van der Waals surface area contributed by atoms with Crippen LogP contribution in [0.4, 0.5) is 34.1 Å². The summed E-state index contributed by atoms with van der Waals surface area (Å²) in [6.07, 6.45) is 0. The third-order valence-corrected chi connectivity index (χ3v) is 10.3. The van der Waals surface area contributed by atoms with E-state index < -0.39 is 0 Å². The van der Waals surface area contributed by atoms with Crippen molar-refractivity contribution in [2.24, 2.45) is 0 Å². The third kappa shape index (κ3) is 6.19. The molecule has 0 atom stereocenters. The van der Waals surface area contributed by atoms with Gasteiger partial charge in [-0.3, -0.25) is 0 Å². The summed E-state index contributed by atoms with van der Waals surface area (Å²) in [6.45, 7) is 0. The Kier molecular flexibility index (Phi) is 8.47. The second kappa shape index (κ2) is 14.3. The lowest BCUT2D eigenvalue weighted by Crippen LogP contribution is -2.09. The Hall–Kier alpha value is -7.56. The Morgan fingerprint density at radius 3 is 1.20 bits per heavy atom. The molecule has 266 valence electrons. The largest absolute Gasteiger partial charge is 0.453 e.